The number of nitrogens with two attached hydrogens (primary N) is 2. The molecule has 2 rings (SSSR count). The van der Waals surface area contributed by atoms with Crippen molar-refractivity contribution in [3.8, 4) is 16.9 Å². The Morgan fingerprint density at radius 1 is 1.06 bits per heavy atom. The summed E-state index contributed by atoms with van der Waals surface area (Å²) in [6.07, 6.45) is 3.32. The van der Waals surface area contributed by atoms with Crippen molar-refractivity contribution in [2.24, 2.45) is 0 Å². The van der Waals surface area contributed by atoms with Gasteiger partial charge >= 0.3 is 0 Å². The number of methoxy groups -OCH3 is 1. The van der Waals surface area contributed by atoms with Crippen molar-refractivity contribution in [1.29, 1.82) is 0 Å². The van der Waals surface area contributed by atoms with E-state index in [1.54, 1.807) is 25.6 Å². The van der Waals surface area contributed by atoms with E-state index in [2.05, 4.69) is 9.97 Å². The van der Waals surface area contributed by atoms with Gasteiger partial charge in [-0.15, -0.1) is 0 Å². The molecule has 82 valence electrons. The Labute approximate surface area is 93.1 Å². The van der Waals surface area contributed by atoms with Gasteiger partial charge in [0.1, 0.15) is 5.75 Å². The molecule has 1 aromatic heterocycles. The van der Waals surface area contributed by atoms with Gasteiger partial charge in [-0.2, -0.15) is 0 Å². The molecule has 4 N–H and O–H groups in total. The summed E-state index contributed by atoms with van der Waals surface area (Å²) >= 11 is 0. The predicted molar refractivity (Wildman–Crippen MR) is 62.8 cm³/mol. The Bertz CT molecular complexity index is 496. The minimum atomic E-state index is 0.256. The Hall–Kier alpha value is -2.30. The predicted octanol–water partition coefficient (Wildman–Crippen LogP) is 1.32. The Balaban J connectivity index is 2.44. The fourth-order valence-corrected chi connectivity index (χ4v) is 1.38. The summed E-state index contributed by atoms with van der Waals surface area (Å²) in [7, 11) is 1.58. The van der Waals surface area contributed by atoms with E-state index in [1.807, 2.05) is 12.1 Å². The molecule has 1 heterocycles. The standard InChI is InChI=1S/C11H12N4O/c1-16-10-4-7(2-3-9(10)12)8-5-14-11(13)15-6-8/h2-6H,12H2,1H3,(H2,13,14,15). The Morgan fingerprint density at radius 2 is 1.75 bits per heavy atom. The van der Waals surface area contributed by atoms with Crippen LogP contribution in [0.25, 0.3) is 11.1 Å². The van der Waals surface area contributed by atoms with E-state index in [1.165, 1.54) is 0 Å². The van der Waals surface area contributed by atoms with E-state index in [0.717, 1.165) is 11.1 Å². The van der Waals surface area contributed by atoms with Crippen LogP contribution in [0.15, 0.2) is 30.6 Å². The number of benzene rings is 1. The first-order chi connectivity index (χ1) is 7.70. The highest BCUT2D eigenvalue weighted by molar-refractivity contribution is 5.68. The molecule has 0 saturated heterocycles. The van der Waals surface area contributed by atoms with Crippen LogP contribution < -0.4 is 16.2 Å². The molecule has 0 fully saturated rings. The largest absolute Gasteiger partial charge is 0.495 e. The zero-order valence-electron chi connectivity index (χ0n) is 8.84. The van der Waals surface area contributed by atoms with Crippen LogP contribution in [0.1, 0.15) is 0 Å². The second-order valence-electron chi connectivity index (χ2n) is 3.29. The molecule has 0 unspecified atom stereocenters. The first kappa shape index (κ1) is 10.2. The van der Waals surface area contributed by atoms with Crippen LogP contribution in [0.3, 0.4) is 0 Å². The smallest absolute Gasteiger partial charge is 0.219 e. The highest BCUT2D eigenvalue weighted by atomic mass is 16.5. The second-order valence-corrected chi connectivity index (χ2v) is 3.29. The van der Waals surface area contributed by atoms with Crippen molar-refractivity contribution in [3.05, 3.63) is 30.6 Å². The van der Waals surface area contributed by atoms with Crippen LogP contribution in [-0.2, 0) is 0 Å². The number of ether oxygens (including phenoxy) is 1. The SMILES string of the molecule is COc1cc(-c2cnc(N)nc2)ccc1N. The van der Waals surface area contributed by atoms with Gasteiger partial charge in [0.2, 0.25) is 5.95 Å². The molecule has 0 amide bonds. The van der Waals surface area contributed by atoms with Crippen LogP contribution >= 0.6 is 0 Å². The van der Waals surface area contributed by atoms with Crippen LogP contribution in [0.2, 0.25) is 0 Å². The third kappa shape index (κ3) is 1.88. The van der Waals surface area contributed by atoms with Gasteiger partial charge in [0.15, 0.2) is 0 Å². The minimum Gasteiger partial charge on any atom is -0.495 e. The second kappa shape index (κ2) is 4.06. The average Bonchev–Trinajstić information content (AvgIpc) is 2.31. The number of hydrogen-bond donors (Lipinski definition) is 2. The van der Waals surface area contributed by atoms with Crippen molar-refractivity contribution in [3.63, 3.8) is 0 Å². The Morgan fingerprint density at radius 3 is 2.38 bits per heavy atom. The average molecular weight is 216 g/mol. The lowest BCUT2D eigenvalue weighted by molar-refractivity contribution is 0.417. The maximum Gasteiger partial charge on any atom is 0.219 e. The third-order valence-electron chi connectivity index (χ3n) is 2.24. The first-order valence-corrected chi connectivity index (χ1v) is 4.72. The van der Waals surface area contributed by atoms with Crippen molar-refractivity contribution in [2.45, 2.75) is 0 Å². The normalized spacial score (nSPS) is 10.1. The maximum absolute atomic E-state index is 5.73. The molecular formula is C11H12N4O. The molecule has 0 aliphatic heterocycles. The van der Waals surface area contributed by atoms with Gasteiger partial charge in [-0.25, -0.2) is 9.97 Å². The molecule has 5 nitrogen and oxygen atoms in total. The summed E-state index contributed by atoms with van der Waals surface area (Å²) in [6.45, 7) is 0. The monoisotopic (exact) mass is 216 g/mol. The van der Waals surface area contributed by atoms with Crippen LogP contribution in [0, 0.1) is 0 Å². The number of rotatable bonds is 2. The summed E-state index contributed by atoms with van der Waals surface area (Å²) < 4.78 is 5.14. The molecule has 0 atom stereocenters. The fraction of sp³-hybridized carbons (Fsp3) is 0.0909. The lowest BCUT2D eigenvalue weighted by Gasteiger charge is -2.07. The van der Waals surface area contributed by atoms with Crippen molar-refractivity contribution in [1.82, 2.24) is 9.97 Å². The van der Waals surface area contributed by atoms with Gasteiger partial charge in [-0.05, 0) is 17.7 Å². The van der Waals surface area contributed by atoms with E-state index in [4.69, 9.17) is 16.2 Å². The quantitative estimate of drug-likeness (QED) is 0.739. The minimum absolute atomic E-state index is 0.256. The number of hydrogen-bond acceptors (Lipinski definition) is 5. The van der Waals surface area contributed by atoms with Crippen molar-refractivity contribution >= 4 is 11.6 Å². The molecule has 0 aliphatic rings. The number of nitrogens with zero attached hydrogens (tertiary/aromatic N) is 2. The molecule has 0 saturated carbocycles. The number of nitrogen functional groups attached to an aromatic ring is 2. The van der Waals surface area contributed by atoms with E-state index >= 15 is 0 Å². The highest BCUT2D eigenvalue weighted by Crippen LogP contribution is 2.27. The first-order valence-electron chi connectivity index (χ1n) is 4.72. The Kier molecular flexibility index (Phi) is 2.59. The molecule has 0 spiro atoms. The van der Waals surface area contributed by atoms with Gasteiger partial charge in [0.05, 0.1) is 12.8 Å². The topological polar surface area (TPSA) is 87.0 Å². The van der Waals surface area contributed by atoms with Gasteiger partial charge < -0.3 is 16.2 Å². The zero-order valence-corrected chi connectivity index (χ0v) is 8.84. The van der Waals surface area contributed by atoms with Gasteiger partial charge in [0.25, 0.3) is 0 Å². The maximum atomic E-state index is 5.73. The third-order valence-corrected chi connectivity index (χ3v) is 2.24. The van der Waals surface area contributed by atoms with E-state index in [-0.39, 0.29) is 5.95 Å². The fourth-order valence-electron chi connectivity index (χ4n) is 1.38. The molecule has 2 aromatic rings. The lowest BCUT2D eigenvalue weighted by Crippen LogP contribution is -1.95. The van der Waals surface area contributed by atoms with Crippen LogP contribution in [0.4, 0.5) is 11.6 Å². The molecular weight excluding hydrogens is 204 g/mol. The summed E-state index contributed by atoms with van der Waals surface area (Å²) in [5.74, 6) is 0.889. The van der Waals surface area contributed by atoms with Crippen molar-refractivity contribution in [2.75, 3.05) is 18.6 Å². The summed E-state index contributed by atoms with van der Waals surface area (Å²) in [4.78, 5) is 7.86. The molecule has 0 radical (unpaired) electrons. The summed E-state index contributed by atoms with van der Waals surface area (Å²) in [5, 5.41) is 0. The van der Waals surface area contributed by atoms with E-state index in [9.17, 15) is 0 Å². The zero-order chi connectivity index (χ0) is 11.5. The van der Waals surface area contributed by atoms with Gasteiger partial charge in [-0.3, -0.25) is 0 Å². The lowest BCUT2D eigenvalue weighted by atomic mass is 10.1. The van der Waals surface area contributed by atoms with Crippen LogP contribution in [-0.4, -0.2) is 17.1 Å². The molecule has 0 aliphatic carbocycles. The highest BCUT2D eigenvalue weighted by Gasteiger charge is 2.03. The summed E-state index contributed by atoms with van der Waals surface area (Å²) in [6, 6.07) is 5.50. The molecule has 16 heavy (non-hydrogen) atoms. The van der Waals surface area contributed by atoms with E-state index < -0.39 is 0 Å². The van der Waals surface area contributed by atoms with Gasteiger partial charge in [-0.1, -0.05) is 6.07 Å². The summed E-state index contributed by atoms with van der Waals surface area (Å²) in [5.41, 5.74) is 13.5. The van der Waals surface area contributed by atoms with E-state index in [0.29, 0.717) is 11.4 Å². The van der Waals surface area contributed by atoms with Gasteiger partial charge in [0, 0.05) is 18.0 Å². The number of aromatic nitrogens is 2. The molecule has 5 heteroatoms. The molecule has 0 bridgehead atoms. The van der Waals surface area contributed by atoms with Crippen molar-refractivity contribution < 1.29 is 4.74 Å². The van der Waals surface area contributed by atoms with Crippen LogP contribution in [0.5, 0.6) is 5.75 Å². The molecule has 1 aromatic carbocycles. The number of anilines is 2.